The van der Waals surface area contributed by atoms with E-state index in [9.17, 15) is 0 Å². The molecule has 1 unspecified atom stereocenters. The van der Waals surface area contributed by atoms with E-state index in [1.165, 1.54) is 37.1 Å². The van der Waals surface area contributed by atoms with Crippen LogP contribution < -0.4 is 10.2 Å². The number of hydrogen-bond acceptors (Lipinski definition) is 2. The van der Waals surface area contributed by atoms with Gasteiger partial charge in [-0.3, -0.25) is 0 Å². The Morgan fingerprint density at radius 3 is 2.29 bits per heavy atom. The van der Waals surface area contributed by atoms with Gasteiger partial charge in [0.15, 0.2) is 0 Å². The lowest BCUT2D eigenvalue weighted by Gasteiger charge is -2.31. The molecule has 0 amide bonds. The lowest BCUT2D eigenvalue weighted by Crippen LogP contribution is -2.31. The molecule has 1 aromatic rings. The van der Waals surface area contributed by atoms with Gasteiger partial charge >= 0.3 is 0 Å². The van der Waals surface area contributed by atoms with Gasteiger partial charge in [0.1, 0.15) is 0 Å². The van der Waals surface area contributed by atoms with Crippen molar-refractivity contribution in [3.8, 4) is 0 Å². The molecule has 2 heteroatoms. The van der Waals surface area contributed by atoms with E-state index in [0.717, 1.165) is 19.0 Å². The van der Waals surface area contributed by atoms with E-state index in [1.54, 1.807) is 0 Å². The van der Waals surface area contributed by atoms with Crippen LogP contribution in [0.4, 0.5) is 5.69 Å². The van der Waals surface area contributed by atoms with Gasteiger partial charge in [-0.05, 0) is 44.4 Å². The van der Waals surface area contributed by atoms with Crippen molar-refractivity contribution in [2.45, 2.75) is 59.9 Å². The van der Waals surface area contributed by atoms with Crippen LogP contribution in [0.25, 0.3) is 0 Å². The molecule has 0 bridgehead atoms. The highest BCUT2D eigenvalue weighted by atomic mass is 15.1. The van der Waals surface area contributed by atoms with Crippen LogP contribution >= 0.6 is 0 Å². The van der Waals surface area contributed by atoms with E-state index in [2.05, 4.69) is 69.1 Å². The number of rotatable bonds is 10. The van der Waals surface area contributed by atoms with Gasteiger partial charge in [-0.15, -0.1) is 0 Å². The summed E-state index contributed by atoms with van der Waals surface area (Å²) in [5.41, 5.74) is 2.83. The third-order valence-corrected chi connectivity index (χ3v) is 4.46. The Labute approximate surface area is 131 Å². The Bertz CT molecular complexity index is 385. The highest BCUT2D eigenvalue weighted by Gasteiger charge is 2.16. The van der Waals surface area contributed by atoms with Gasteiger partial charge in [0.25, 0.3) is 0 Å². The predicted molar refractivity (Wildman–Crippen MR) is 95.1 cm³/mol. The molecule has 0 aliphatic heterocycles. The Hall–Kier alpha value is -1.02. The molecule has 21 heavy (non-hydrogen) atoms. The highest BCUT2D eigenvalue weighted by molar-refractivity contribution is 5.55. The molecule has 1 rings (SSSR count). The zero-order valence-corrected chi connectivity index (χ0v) is 14.7. The standard InChI is InChI=1S/C19H34N2/c1-6-14-20-16(5)18-12-10-11-13-19(18)21(9-4)15-17(7-2)8-3/h10-13,16-17,20H,6-9,14-15H2,1-5H3. The molecule has 0 aromatic heterocycles. The number of nitrogens with zero attached hydrogens (tertiary/aromatic N) is 1. The Morgan fingerprint density at radius 2 is 1.71 bits per heavy atom. The van der Waals surface area contributed by atoms with Gasteiger partial charge < -0.3 is 10.2 Å². The molecule has 0 saturated carbocycles. The van der Waals surface area contributed by atoms with Crippen LogP contribution in [0.1, 0.15) is 65.5 Å². The van der Waals surface area contributed by atoms with E-state index in [4.69, 9.17) is 0 Å². The maximum Gasteiger partial charge on any atom is 0.0414 e. The molecule has 0 aliphatic rings. The SMILES string of the molecule is CCCNC(C)c1ccccc1N(CC)CC(CC)CC. The van der Waals surface area contributed by atoms with Crippen molar-refractivity contribution >= 4 is 5.69 Å². The maximum atomic E-state index is 3.62. The van der Waals surface area contributed by atoms with Gasteiger partial charge in [0, 0.05) is 24.8 Å². The lowest BCUT2D eigenvalue weighted by atomic mass is 10.0. The average molecular weight is 290 g/mol. The topological polar surface area (TPSA) is 15.3 Å². The highest BCUT2D eigenvalue weighted by Crippen LogP contribution is 2.27. The van der Waals surface area contributed by atoms with E-state index in [1.807, 2.05) is 0 Å². The Morgan fingerprint density at radius 1 is 1.05 bits per heavy atom. The smallest absolute Gasteiger partial charge is 0.0414 e. The fourth-order valence-electron chi connectivity index (χ4n) is 2.87. The fourth-order valence-corrected chi connectivity index (χ4v) is 2.87. The van der Waals surface area contributed by atoms with Crippen LogP contribution in [0.5, 0.6) is 0 Å². The molecule has 0 spiro atoms. The van der Waals surface area contributed by atoms with Crippen molar-refractivity contribution in [1.29, 1.82) is 0 Å². The van der Waals surface area contributed by atoms with Crippen LogP contribution in [-0.2, 0) is 0 Å². The second kappa shape index (κ2) is 9.83. The van der Waals surface area contributed by atoms with Gasteiger partial charge in [-0.25, -0.2) is 0 Å². The second-order valence-electron chi connectivity index (χ2n) is 5.96. The number of anilines is 1. The molecule has 0 fully saturated rings. The molecule has 0 aliphatic carbocycles. The minimum absolute atomic E-state index is 0.414. The zero-order chi connectivity index (χ0) is 15.7. The normalized spacial score (nSPS) is 12.7. The van der Waals surface area contributed by atoms with Crippen LogP contribution in [0.2, 0.25) is 0 Å². The molecule has 1 N–H and O–H groups in total. The van der Waals surface area contributed by atoms with E-state index in [0.29, 0.717) is 6.04 Å². The zero-order valence-electron chi connectivity index (χ0n) is 14.7. The molecular formula is C19H34N2. The third-order valence-electron chi connectivity index (χ3n) is 4.46. The van der Waals surface area contributed by atoms with Crippen LogP contribution in [0.3, 0.4) is 0 Å². The predicted octanol–water partition coefficient (Wildman–Crippen LogP) is 5.01. The molecule has 0 heterocycles. The first-order chi connectivity index (χ1) is 10.2. The number of benzene rings is 1. The molecule has 0 radical (unpaired) electrons. The van der Waals surface area contributed by atoms with E-state index in [-0.39, 0.29) is 0 Å². The minimum atomic E-state index is 0.414. The first kappa shape index (κ1) is 18.0. The first-order valence-electron chi connectivity index (χ1n) is 8.74. The summed E-state index contributed by atoms with van der Waals surface area (Å²) in [6.45, 7) is 14.7. The van der Waals surface area contributed by atoms with E-state index >= 15 is 0 Å². The average Bonchev–Trinajstić information content (AvgIpc) is 2.54. The summed E-state index contributed by atoms with van der Waals surface area (Å²) in [7, 11) is 0. The molecule has 0 saturated heterocycles. The fraction of sp³-hybridized carbons (Fsp3) is 0.684. The van der Waals surface area contributed by atoms with Gasteiger partial charge in [-0.1, -0.05) is 51.8 Å². The number of para-hydroxylation sites is 1. The molecule has 1 atom stereocenters. The van der Waals surface area contributed by atoms with Crippen molar-refractivity contribution in [2.75, 3.05) is 24.5 Å². The molecular weight excluding hydrogens is 256 g/mol. The van der Waals surface area contributed by atoms with Gasteiger partial charge in [0.2, 0.25) is 0 Å². The van der Waals surface area contributed by atoms with Crippen LogP contribution in [0.15, 0.2) is 24.3 Å². The van der Waals surface area contributed by atoms with Crippen molar-refractivity contribution in [1.82, 2.24) is 5.32 Å². The van der Waals surface area contributed by atoms with Crippen LogP contribution in [0, 0.1) is 5.92 Å². The largest absolute Gasteiger partial charge is 0.371 e. The van der Waals surface area contributed by atoms with Crippen molar-refractivity contribution < 1.29 is 0 Å². The maximum absolute atomic E-state index is 3.62. The van der Waals surface area contributed by atoms with Crippen LogP contribution in [-0.4, -0.2) is 19.6 Å². The summed E-state index contributed by atoms with van der Waals surface area (Å²) in [6.07, 6.45) is 3.70. The summed E-state index contributed by atoms with van der Waals surface area (Å²) in [6, 6.07) is 9.30. The summed E-state index contributed by atoms with van der Waals surface area (Å²) in [4.78, 5) is 2.55. The molecule has 120 valence electrons. The third kappa shape index (κ3) is 5.35. The monoisotopic (exact) mass is 290 g/mol. The first-order valence-corrected chi connectivity index (χ1v) is 8.74. The van der Waals surface area contributed by atoms with Gasteiger partial charge in [-0.2, -0.15) is 0 Å². The molecule has 2 nitrogen and oxygen atoms in total. The Balaban J connectivity index is 2.93. The Kier molecular flexibility index (Phi) is 8.44. The van der Waals surface area contributed by atoms with Gasteiger partial charge in [0.05, 0.1) is 0 Å². The molecule has 1 aromatic carbocycles. The quantitative estimate of drug-likeness (QED) is 0.651. The number of hydrogen-bond donors (Lipinski definition) is 1. The van der Waals surface area contributed by atoms with Crippen molar-refractivity contribution in [2.24, 2.45) is 5.92 Å². The van der Waals surface area contributed by atoms with Crippen molar-refractivity contribution in [3.63, 3.8) is 0 Å². The minimum Gasteiger partial charge on any atom is -0.371 e. The summed E-state index contributed by atoms with van der Waals surface area (Å²) in [5.74, 6) is 0.789. The summed E-state index contributed by atoms with van der Waals surface area (Å²) in [5, 5.41) is 3.62. The summed E-state index contributed by atoms with van der Waals surface area (Å²) < 4.78 is 0. The van der Waals surface area contributed by atoms with Crippen molar-refractivity contribution in [3.05, 3.63) is 29.8 Å². The second-order valence-corrected chi connectivity index (χ2v) is 5.96. The van der Waals surface area contributed by atoms with E-state index < -0.39 is 0 Å². The number of nitrogens with one attached hydrogen (secondary N) is 1. The summed E-state index contributed by atoms with van der Waals surface area (Å²) >= 11 is 0. The lowest BCUT2D eigenvalue weighted by molar-refractivity contribution is 0.484.